The minimum atomic E-state index is -0.350. The molecule has 0 aromatic carbocycles. The highest BCUT2D eigenvalue weighted by molar-refractivity contribution is 5.16. The molecular formula is C13H18N2O2. The topological polar surface area (TPSA) is 57.4 Å². The molecule has 0 unspecified atom stereocenters. The van der Waals surface area contributed by atoms with Gasteiger partial charge in [-0.3, -0.25) is 4.98 Å². The molecule has 2 N–H and O–H groups in total. The number of ether oxygens (including phenoxy) is 2. The molecular weight excluding hydrogens is 216 g/mol. The quantitative estimate of drug-likeness (QED) is 0.801. The van der Waals surface area contributed by atoms with Crippen molar-refractivity contribution in [1.29, 1.82) is 0 Å². The summed E-state index contributed by atoms with van der Waals surface area (Å²) >= 11 is 0. The van der Waals surface area contributed by atoms with Crippen LogP contribution >= 0.6 is 0 Å². The van der Waals surface area contributed by atoms with Crippen molar-refractivity contribution in [1.82, 2.24) is 4.98 Å². The van der Waals surface area contributed by atoms with Gasteiger partial charge < -0.3 is 15.2 Å². The van der Waals surface area contributed by atoms with Crippen LogP contribution in [0.15, 0.2) is 24.4 Å². The molecule has 0 bridgehead atoms. The van der Waals surface area contributed by atoms with Crippen LogP contribution in [0.25, 0.3) is 0 Å². The molecule has 1 saturated heterocycles. The fraction of sp³-hybridized carbons (Fsp3) is 0.615. The molecule has 3 rings (SSSR count). The first-order valence-corrected chi connectivity index (χ1v) is 6.21. The average Bonchev–Trinajstić information content (AvgIpc) is 2.84. The maximum atomic E-state index is 6.46. The maximum absolute atomic E-state index is 6.46. The van der Waals surface area contributed by atoms with E-state index in [1.54, 1.807) is 6.20 Å². The SMILES string of the molecule is NC1(c2ccccn2)CCC2(CC1)OCCO2. The lowest BCUT2D eigenvalue weighted by Crippen LogP contribution is -2.47. The zero-order valence-corrected chi connectivity index (χ0v) is 9.89. The van der Waals surface area contributed by atoms with Crippen molar-refractivity contribution in [2.75, 3.05) is 13.2 Å². The molecule has 17 heavy (non-hydrogen) atoms. The number of pyridine rings is 1. The van der Waals surface area contributed by atoms with Gasteiger partial charge in [0, 0.05) is 19.0 Å². The van der Waals surface area contributed by atoms with E-state index >= 15 is 0 Å². The minimum absolute atomic E-state index is 0.318. The summed E-state index contributed by atoms with van der Waals surface area (Å²) in [6.45, 7) is 1.42. The second kappa shape index (κ2) is 4.05. The number of nitrogens with zero attached hydrogens (tertiary/aromatic N) is 1. The van der Waals surface area contributed by atoms with Gasteiger partial charge in [-0.15, -0.1) is 0 Å². The second-order valence-corrected chi connectivity index (χ2v) is 4.98. The van der Waals surface area contributed by atoms with E-state index in [4.69, 9.17) is 15.2 Å². The van der Waals surface area contributed by atoms with E-state index < -0.39 is 0 Å². The monoisotopic (exact) mass is 234 g/mol. The van der Waals surface area contributed by atoms with Gasteiger partial charge in [0.2, 0.25) is 0 Å². The van der Waals surface area contributed by atoms with Gasteiger partial charge in [-0.1, -0.05) is 6.07 Å². The van der Waals surface area contributed by atoms with Crippen LogP contribution in [0.2, 0.25) is 0 Å². The Morgan fingerprint density at radius 3 is 2.35 bits per heavy atom. The molecule has 2 aliphatic rings. The first kappa shape index (κ1) is 11.1. The van der Waals surface area contributed by atoms with E-state index in [1.807, 2.05) is 18.2 Å². The normalized spacial score (nSPS) is 26.2. The molecule has 1 aliphatic heterocycles. The Bertz CT molecular complexity index is 378. The molecule has 1 aliphatic carbocycles. The van der Waals surface area contributed by atoms with Crippen LogP contribution in [-0.2, 0) is 15.0 Å². The number of hydrogen-bond donors (Lipinski definition) is 1. The summed E-state index contributed by atoms with van der Waals surface area (Å²) in [7, 11) is 0. The number of rotatable bonds is 1. The van der Waals surface area contributed by atoms with Crippen molar-refractivity contribution in [2.45, 2.75) is 37.0 Å². The van der Waals surface area contributed by atoms with Gasteiger partial charge >= 0.3 is 0 Å². The largest absolute Gasteiger partial charge is 0.348 e. The summed E-state index contributed by atoms with van der Waals surface area (Å²) in [6.07, 6.45) is 5.26. The highest BCUT2D eigenvalue weighted by Gasteiger charge is 2.45. The first-order valence-electron chi connectivity index (χ1n) is 6.21. The Kier molecular flexibility index (Phi) is 2.65. The Balaban J connectivity index is 1.75. The van der Waals surface area contributed by atoms with Gasteiger partial charge in [0.1, 0.15) is 0 Å². The number of nitrogens with two attached hydrogens (primary N) is 1. The molecule has 92 valence electrons. The van der Waals surface area contributed by atoms with Crippen molar-refractivity contribution in [3.63, 3.8) is 0 Å². The molecule has 1 spiro atoms. The van der Waals surface area contributed by atoms with Crippen LogP contribution in [0, 0.1) is 0 Å². The van der Waals surface area contributed by atoms with Crippen LogP contribution in [0.4, 0.5) is 0 Å². The standard InChI is InChI=1S/C13H18N2O2/c14-12(11-3-1-2-8-15-11)4-6-13(7-5-12)16-9-10-17-13/h1-3,8H,4-7,9-10,14H2. The molecule has 1 aromatic heterocycles. The smallest absolute Gasteiger partial charge is 0.168 e. The fourth-order valence-corrected chi connectivity index (χ4v) is 2.78. The summed E-state index contributed by atoms with van der Waals surface area (Å²) in [5, 5.41) is 0. The van der Waals surface area contributed by atoms with E-state index in [0.29, 0.717) is 13.2 Å². The average molecular weight is 234 g/mol. The fourth-order valence-electron chi connectivity index (χ4n) is 2.78. The molecule has 4 nitrogen and oxygen atoms in total. The van der Waals surface area contributed by atoms with Crippen LogP contribution in [0.3, 0.4) is 0 Å². The predicted octanol–water partition coefficient (Wildman–Crippen LogP) is 1.55. The zero-order valence-electron chi connectivity index (χ0n) is 9.89. The molecule has 2 heterocycles. The van der Waals surface area contributed by atoms with Crippen molar-refractivity contribution in [3.8, 4) is 0 Å². The molecule has 0 amide bonds. The summed E-state index contributed by atoms with van der Waals surface area (Å²) in [5.74, 6) is -0.350. The predicted molar refractivity (Wildman–Crippen MR) is 63.2 cm³/mol. The highest BCUT2D eigenvalue weighted by atomic mass is 16.7. The molecule has 0 radical (unpaired) electrons. The van der Waals surface area contributed by atoms with E-state index in [9.17, 15) is 0 Å². The molecule has 1 saturated carbocycles. The lowest BCUT2D eigenvalue weighted by atomic mass is 9.77. The van der Waals surface area contributed by atoms with Gasteiger partial charge in [0.05, 0.1) is 24.4 Å². The van der Waals surface area contributed by atoms with Crippen LogP contribution in [0.1, 0.15) is 31.4 Å². The molecule has 0 atom stereocenters. The summed E-state index contributed by atoms with van der Waals surface area (Å²) < 4.78 is 11.4. The minimum Gasteiger partial charge on any atom is -0.348 e. The summed E-state index contributed by atoms with van der Waals surface area (Å²) in [4.78, 5) is 4.38. The third-order valence-corrected chi connectivity index (χ3v) is 3.89. The molecule has 1 aromatic rings. The van der Waals surface area contributed by atoms with E-state index in [0.717, 1.165) is 31.4 Å². The second-order valence-electron chi connectivity index (χ2n) is 4.98. The van der Waals surface area contributed by atoms with Crippen molar-refractivity contribution in [2.24, 2.45) is 5.73 Å². The summed E-state index contributed by atoms with van der Waals surface area (Å²) in [5.41, 5.74) is 7.12. The Labute approximate surface area is 101 Å². The van der Waals surface area contributed by atoms with Gasteiger partial charge in [0.15, 0.2) is 5.79 Å². The Hall–Kier alpha value is -0.970. The van der Waals surface area contributed by atoms with Crippen molar-refractivity contribution < 1.29 is 9.47 Å². The number of hydrogen-bond acceptors (Lipinski definition) is 4. The van der Waals surface area contributed by atoms with Crippen molar-refractivity contribution in [3.05, 3.63) is 30.1 Å². The van der Waals surface area contributed by atoms with E-state index in [2.05, 4.69) is 4.98 Å². The van der Waals surface area contributed by atoms with Gasteiger partial charge in [-0.05, 0) is 25.0 Å². The first-order chi connectivity index (χ1) is 8.23. The maximum Gasteiger partial charge on any atom is 0.168 e. The summed E-state index contributed by atoms with van der Waals surface area (Å²) in [6, 6.07) is 5.92. The number of aromatic nitrogens is 1. The molecule has 4 heteroatoms. The van der Waals surface area contributed by atoms with Gasteiger partial charge in [0.25, 0.3) is 0 Å². The Morgan fingerprint density at radius 1 is 1.06 bits per heavy atom. The third kappa shape index (κ3) is 1.97. The van der Waals surface area contributed by atoms with Crippen LogP contribution < -0.4 is 5.73 Å². The van der Waals surface area contributed by atoms with E-state index in [1.165, 1.54) is 0 Å². The van der Waals surface area contributed by atoms with Gasteiger partial charge in [-0.25, -0.2) is 0 Å². The lowest BCUT2D eigenvalue weighted by Gasteiger charge is -2.41. The van der Waals surface area contributed by atoms with Crippen molar-refractivity contribution >= 4 is 0 Å². The van der Waals surface area contributed by atoms with E-state index in [-0.39, 0.29) is 11.3 Å². The third-order valence-electron chi connectivity index (χ3n) is 3.89. The van der Waals surface area contributed by atoms with Gasteiger partial charge in [-0.2, -0.15) is 0 Å². The lowest BCUT2D eigenvalue weighted by molar-refractivity contribution is -0.185. The zero-order chi connectivity index (χ0) is 11.8. The Morgan fingerprint density at radius 2 is 1.76 bits per heavy atom. The highest BCUT2D eigenvalue weighted by Crippen LogP contribution is 2.42. The van der Waals surface area contributed by atoms with Crippen LogP contribution in [0.5, 0.6) is 0 Å². The molecule has 2 fully saturated rings. The van der Waals surface area contributed by atoms with Crippen LogP contribution in [-0.4, -0.2) is 24.0 Å².